The fraction of sp³-hybridized carbons (Fsp3) is 0.935. The van der Waals surface area contributed by atoms with Crippen LogP contribution in [-0.4, -0.2) is 0 Å². The Bertz CT molecular complexity index is 745. The third kappa shape index (κ3) is 2.72. The van der Waals surface area contributed by atoms with E-state index in [2.05, 4.69) is 55.0 Å². The summed E-state index contributed by atoms with van der Waals surface area (Å²) in [6.07, 6.45) is 17.7. The van der Waals surface area contributed by atoms with Gasteiger partial charge in [0.25, 0.3) is 0 Å². The zero-order chi connectivity index (χ0) is 22.4. The molecule has 0 saturated heterocycles. The van der Waals surface area contributed by atoms with Crippen molar-refractivity contribution in [2.75, 3.05) is 0 Å². The predicted molar refractivity (Wildman–Crippen MR) is 134 cm³/mol. The first-order chi connectivity index (χ1) is 14.5. The largest absolute Gasteiger partial charge is 0.0998 e. The van der Waals surface area contributed by atoms with Gasteiger partial charge in [0.2, 0.25) is 0 Å². The van der Waals surface area contributed by atoms with Crippen molar-refractivity contribution < 1.29 is 0 Å². The first kappa shape index (κ1) is 22.5. The number of fused-ring (bicyclic) bond motifs is 7. The topological polar surface area (TPSA) is 0 Å². The maximum absolute atomic E-state index is 4.53. The Balaban J connectivity index is 1.55. The van der Waals surface area contributed by atoms with Crippen molar-refractivity contribution in [2.45, 2.75) is 126 Å². The highest BCUT2D eigenvalue weighted by atomic mass is 14.7. The molecule has 0 heteroatoms. The summed E-state index contributed by atoms with van der Waals surface area (Å²) in [7, 11) is 0. The Kier molecular flexibility index (Phi) is 5.00. The van der Waals surface area contributed by atoms with E-state index < -0.39 is 0 Å². The van der Waals surface area contributed by atoms with Crippen molar-refractivity contribution >= 4 is 0 Å². The summed E-state index contributed by atoms with van der Waals surface area (Å²) in [4.78, 5) is 0. The molecule has 5 saturated carbocycles. The normalized spacial score (nSPS) is 55.5. The van der Waals surface area contributed by atoms with E-state index in [0.717, 1.165) is 29.6 Å². The fourth-order valence-electron chi connectivity index (χ4n) is 12.0. The molecule has 0 spiro atoms. The molecule has 176 valence electrons. The molecular weight excluding hydrogens is 372 g/mol. The molecule has 0 radical (unpaired) electrons. The average molecular weight is 425 g/mol. The maximum Gasteiger partial charge on any atom is -0.0172 e. The summed E-state index contributed by atoms with van der Waals surface area (Å²) in [6.45, 7) is 23.0. The molecule has 0 N–H and O–H groups in total. The first-order valence-corrected chi connectivity index (χ1v) is 14.1. The molecule has 5 aliphatic rings. The highest BCUT2D eigenvalue weighted by molar-refractivity contribution is 5.21. The molecule has 0 bridgehead atoms. The van der Waals surface area contributed by atoms with Crippen LogP contribution in [-0.2, 0) is 0 Å². The standard InChI is InChI=1S/C31H52/c1-9-31-18-13-22(21(2)3)26(31)23-11-12-25-28(6)16-10-15-27(4,5)24(28)14-17-30(25,8)29(23,7)19-20-31/h22-26H,2,9-20H2,1,3-8H3/t22?,23?,24?,25?,26?,28-,29+,30+,31+/m0/s1. The molecule has 0 aromatic rings. The van der Waals surface area contributed by atoms with E-state index in [1.54, 1.807) is 0 Å². The molecule has 5 fully saturated rings. The van der Waals surface area contributed by atoms with Crippen LogP contribution in [0.15, 0.2) is 12.2 Å². The lowest BCUT2D eigenvalue weighted by molar-refractivity contribution is -0.236. The Morgan fingerprint density at radius 1 is 0.774 bits per heavy atom. The van der Waals surface area contributed by atoms with Gasteiger partial charge in [-0.15, -0.1) is 0 Å². The zero-order valence-corrected chi connectivity index (χ0v) is 22.1. The van der Waals surface area contributed by atoms with Gasteiger partial charge in [-0.05, 0) is 128 Å². The molecule has 0 aliphatic heterocycles. The van der Waals surface area contributed by atoms with E-state index in [-0.39, 0.29) is 0 Å². The SMILES string of the molecule is C=C(C)C1CC[C@]2(CC)CC[C@]3(C)C(CCC4[C@@]5(C)CCCC(C)(C)C5CC[C@]43C)C12. The van der Waals surface area contributed by atoms with Crippen LogP contribution in [0.5, 0.6) is 0 Å². The van der Waals surface area contributed by atoms with E-state index in [1.165, 1.54) is 82.6 Å². The van der Waals surface area contributed by atoms with Crippen LogP contribution < -0.4 is 0 Å². The van der Waals surface area contributed by atoms with E-state index in [4.69, 9.17) is 0 Å². The van der Waals surface area contributed by atoms with Crippen molar-refractivity contribution in [2.24, 2.45) is 56.7 Å². The molecule has 0 aromatic heterocycles. The summed E-state index contributed by atoms with van der Waals surface area (Å²) in [5.41, 5.74) is 4.33. The van der Waals surface area contributed by atoms with Crippen LogP contribution >= 0.6 is 0 Å². The van der Waals surface area contributed by atoms with Gasteiger partial charge in [0.05, 0.1) is 0 Å². The molecule has 0 nitrogen and oxygen atoms in total. The summed E-state index contributed by atoms with van der Waals surface area (Å²) >= 11 is 0. The highest BCUT2D eigenvalue weighted by Gasteiger charge is 2.69. The van der Waals surface area contributed by atoms with Crippen molar-refractivity contribution in [3.05, 3.63) is 12.2 Å². The van der Waals surface area contributed by atoms with Crippen LogP contribution in [0.25, 0.3) is 0 Å². The summed E-state index contributed by atoms with van der Waals surface area (Å²) < 4.78 is 0. The second kappa shape index (κ2) is 6.88. The van der Waals surface area contributed by atoms with Crippen molar-refractivity contribution in [1.29, 1.82) is 0 Å². The number of rotatable bonds is 2. The van der Waals surface area contributed by atoms with E-state index in [0.29, 0.717) is 27.1 Å². The van der Waals surface area contributed by atoms with Crippen molar-refractivity contribution in [3.63, 3.8) is 0 Å². The number of hydrogen-bond acceptors (Lipinski definition) is 0. The fourth-order valence-corrected chi connectivity index (χ4v) is 12.0. The summed E-state index contributed by atoms with van der Waals surface area (Å²) in [6, 6.07) is 0. The average Bonchev–Trinajstić information content (AvgIpc) is 3.08. The Labute approximate surface area is 194 Å². The van der Waals surface area contributed by atoms with Crippen LogP contribution in [0.3, 0.4) is 0 Å². The third-order valence-electron chi connectivity index (χ3n) is 13.7. The van der Waals surface area contributed by atoms with Crippen molar-refractivity contribution in [1.82, 2.24) is 0 Å². The van der Waals surface area contributed by atoms with Gasteiger partial charge in [0, 0.05) is 0 Å². The minimum absolute atomic E-state index is 0.535. The third-order valence-corrected chi connectivity index (χ3v) is 13.7. The molecule has 9 atom stereocenters. The quantitative estimate of drug-likeness (QED) is 0.387. The van der Waals surface area contributed by atoms with Crippen LogP contribution in [0.4, 0.5) is 0 Å². The lowest BCUT2D eigenvalue weighted by Gasteiger charge is -2.72. The Morgan fingerprint density at radius 3 is 2.19 bits per heavy atom. The zero-order valence-electron chi connectivity index (χ0n) is 22.1. The van der Waals surface area contributed by atoms with E-state index in [1.807, 2.05) is 0 Å². The molecule has 0 amide bonds. The van der Waals surface area contributed by atoms with Gasteiger partial charge >= 0.3 is 0 Å². The van der Waals surface area contributed by atoms with Crippen LogP contribution in [0.1, 0.15) is 126 Å². The second-order valence-corrected chi connectivity index (χ2v) is 14.7. The minimum Gasteiger partial charge on any atom is -0.0998 e. The molecule has 5 aliphatic carbocycles. The monoisotopic (exact) mass is 424 g/mol. The van der Waals surface area contributed by atoms with Crippen LogP contribution in [0.2, 0.25) is 0 Å². The van der Waals surface area contributed by atoms with Gasteiger partial charge < -0.3 is 0 Å². The summed E-state index contributed by atoms with van der Waals surface area (Å²) in [5.74, 6) is 4.53. The predicted octanol–water partition coefficient (Wildman–Crippen LogP) is 9.44. The molecule has 0 aromatic carbocycles. The first-order valence-electron chi connectivity index (χ1n) is 14.1. The van der Waals surface area contributed by atoms with Gasteiger partial charge in [-0.25, -0.2) is 0 Å². The molecule has 5 rings (SSSR count). The van der Waals surface area contributed by atoms with Gasteiger partial charge in [-0.3, -0.25) is 0 Å². The number of allylic oxidation sites excluding steroid dienone is 1. The van der Waals surface area contributed by atoms with Gasteiger partial charge in [-0.2, -0.15) is 0 Å². The molecular formula is C31H52. The highest BCUT2D eigenvalue weighted by Crippen LogP contribution is 2.77. The van der Waals surface area contributed by atoms with Gasteiger partial charge in [-0.1, -0.05) is 66.5 Å². The summed E-state index contributed by atoms with van der Waals surface area (Å²) in [5, 5.41) is 0. The van der Waals surface area contributed by atoms with E-state index in [9.17, 15) is 0 Å². The molecule has 31 heavy (non-hydrogen) atoms. The smallest absolute Gasteiger partial charge is 0.0172 e. The van der Waals surface area contributed by atoms with Gasteiger partial charge in [0.1, 0.15) is 0 Å². The van der Waals surface area contributed by atoms with E-state index >= 15 is 0 Å². The lowest BCUT2D eigenvalue weighted by atomic mass is 9.32. The second-order valence-electron chi connectivity index (χ2n) is 14.7. The molecule has 5 unspecified atom stereocenters. The van der Waals surface area contributed by atoms with Crippen molar-refractivity contribution in [3.8, 4) is 0 Å². The Hall–Kier alpha value is -0.260. The molecule has 0 heterocycles. The number of hydrogen-bond donors (Lipinski definition) is 0. The minimum atomic E-state index is 0.535. The maximum atomic E-state index is 4.53. The van der Waals surface area contributed by atoms with Gasteiger partial charge in [0.15, 0.2) is 0 Å². The lowest BCUT2D eigenvalue weighted by Crippen LogP contribution is -2.65. The Morgan fingerprint density at radius 2 is 1.52 bits per heavy atom. The van der Waals surface area contributed by atoms with Crippen LogP contribution in [0, 0.1) is 56.7 Å².